The summed E-state index contributed by atoms with van der Waals surface area (Å²) in [5, 5.41) is 9.45. The molecule has 0 aromatic heterocycles. The number of rotatable bonds is 12. The number of benzene rings is 2. The molecule has 2 fully saturated rings. The van der Waals surface area contributed by atoms with Crippen molar-refractivity contribution in [3.8, 4) is 0 Å². The summed E-state index contributed by atoms with van der Waals surface area (Å²) in [5.41, 5.74) is 0.846. The fourth-order valence-electron chi connectivity index (χ4n) is 6.36. The third kappa shape index (κ3) is 9.36. The molecule has 2 aromatic carbocycles. The fraction of sp³-hybridized carbons (Fsp3) is 0.529. The average Bonchev–Trinajstić information content (AvgIpc) is 3.43. The van der Waals surface area contributed by atoms with Crippen LogP contribution in [-0.2, 0) is 29.3 Å². The SMILES string of the molecule is COC(=O)C(C[C@@H]1CCNC1=O)NC(=O)C(CC1CCCCC1)NC(=O)OC(c1ccc(Cl)cc1)C(C)(C)c1cccc(Cl)c1. The van der Waals surface area contributed by atoms with Gasteiger partial charge in [0.15, 0.2) is 0 Å². The molecular formula is C34H43Cl2N3O6. The Morgan fingerprint density at radius 3 is 2.27 bits per heavy atom. The molecule has 9 nitrogen and oxygen atoms in total. The van der Waals surface area contributed by atoms with E-state index in [0.717, 1.165) is 37.7 Å². The summed E-state index contributed by atoms with van der Waals surface area (Å²) in [4.78, 5) is 52.3. The molecule has 1 aliphatic carbocycles. The number of esters is 1. The maximum atomic E-state index is 13.8. The number of alkyl carbamates (subject to hydrolysis) is 1. The first-order valence-electron chi connectivity index (χ1n) is 15.6. The standard InChI is InChI=1S/C34H43Cl2N3O6/c1-34(2,24-10-7-11-26(36)20-24)29(22-12-14-25(35)15-13-22)45-33(43)39-27(18-21-8-5-4-6-9-21)31(41)38-28(32(42)44-3)19-23-16-17-37-30(23)40/h7,10-15,20-21,23,27-29H,4-6,8-9,16-19H2,1-3H3,(H,37,40)(H,38,41)(H,39,43)/t23-,27?,28?,29?/m0/s1. The Hall–Kier alpha value is -3.30. The van der Waals surface area contributed by atoms with Crippen LogP contribution in [0.15, 0.2) is 48.5 Å². The molecule has 244 valence electrons. The Kier molecular flexibility index (Phi) is 12.1. The quantitative estimate of drug-likeness (QED) is 0.231. The Morgan fingerprint density at radius 1 is 0.933 bits per heavy atom. The van der Waals surface area contributed by atoms with E-state index < -0.39 is 47.5 Å². The second kappa shape index (κ2) is 15.8. The number of ether oxygens (including phenoxy) is 2. The van der Waals surface area contributed by atoms with Crippen LogP contribution in [0, 0.1) is 11.8 Å². The van der Waals surface area contributed by atoms with E-state index in [0.29, 0.717) is 35.0 Å². The molecule has 3 amide bonds. The van der Waals surface area contributed by atoms with Gasteiger partial charge in [0, 0.05) is 27.9 Å². The maximum absolute atomic E-state index is 13.8. The molecule has 0 bridgehead atoms. The number of amides is 3. The molecule has 3 unspecified atom stereocenters. The highest BCUT2D eigenvalue weighted by Gasteiger charge is 2.38. The summed E-state index contributed by atoms with van der Waals surface area (Å²) in [6.07, 6.45) is 4.65. The van der Waals surface area contributed by atoms with Crippen molar-refractivity contribution in [3.63, 3.8) is 0 Å². The summed E-state index contributed by atoms with van der Waals surface area (Å²) in [6, 6.07) is 12.5. The molecule has 3 N–H and O–H groups in total. The molecule has 0 radical (unpaired) electrons. The number of nitrogens with one attached hydrogen (secondary N) is 3. The predicted molar refractivity (Wildman–Crippen MR) is 173 cm³/mol. The number of hydrogen-bond donors (Lipinski definition) is 3. The van der Waals surface area contributed by atoms with Crippen molar-refractivity contribution in [2.75, 3.05) is 13.7 Å². The van der Waals surface area contributed by atoms with Gasteiger partial charge in [-0.25, -0.2) is 9.59 Å². The zero-order chi connectivity index (χ0) is 32.6. The van der Waals surface area contributed by atoms with Gasteiger partial charge in [-0.3, -0.25) is 9.59 Å². The summed E-state index contributed by atoms with van der Waals surface area (Å²) in [6.45, 7) is 4.43. The van der Waals surface area contributed by atoms with Crippen LogP contribution in [0.1, 0.15) is 82.4 Å². The van der Waals surface area contributed by atoms with E-state index in [2.05, 4.69) is 16.0 Å². The van der Waals surface area contributed by atoms with Crippen molar-refractivity contribution in [1.29, 1.82) is 0 Å². The normalized spacial score (nSPS) is 19.1. The molecule has 1 saturated carbocycles. The van der Waals surface area contributed by atoms with Gasteiger partial charge in [-0.2, -0.15) is 0 Å². The smallest absolute Gasteiger partial charge is 0.408 e. The van der Waals surface area contributed by atoms with Crippen molar-refractivity contribution in [2.24, 2.45) is 11.8 Å². The molecular weight excluding hydrogens is 617 g/mol. The highest BCUT2D eigenvalue weighted by Crippen LogP contribution is 2.41. The van der Waals surface area contributed by atoms with Gasteiger partial charge in [-0.1, -0.05) is 93.4 Å². The second-order valence-electron chi connectivity index (χ2n) is 12.6. The largest absolute Gasteiger partial charge is 0.467 e. The summed E-state index contributed by atoms with van der Waals surface area (Å²) >= 11 is 12.5. The highest BCUT2D eigenvalue weighted by molar-refractivity contribution is 6.30. The monoisotopic (exact) mass is 659 g/mol. The van der Waals surface area contributed by atoms with Crippen LogP contribution in [0.3, 0.4) is 0 Å². The third-order valence-electron chi connectivity index (χ3n) is 9.01. The summed E-state index contributed by atoms with van der Waals surface area (Å²) < 4.78 is 11.1. The summed E-state index contributed by atoms with van der Waals surface area (Å²) in [5.74, 6) is -1.52. The first-order chi connectivity index (χ1) is 21.5. The number of methoxy groups -OCH3 is 1. The lowest BCUT2D eigenvalue weighted by molar-refractivity contribution is -0.146. The van der Waals surface area contributed by atoms with Crippen molar-refractivity contribution in [1.82, 2.24) is 16.0 Å². The Bertz CT molecular complexity index is 1350. The topological polar surface area (TPSA) is 123 Å². The van der Waals surface area contributed by atoms with Crippen LogP contribution >= 0.6 is 23.2 Å². The van der Waals surface area contributed by atoms with Gasteiger partial charge in [-0.05, 0) is 60.6 Å². The maximum Gasteiger partial charge on any atom is 0.408 e. The van der Waals surface area contributed by atoms with E-state index in [1.807, 2.05) is 32.0 Å². The first-order valence-corrected chi connectivity index (χ1v) is 16.4. The molecule has 2 aromatic rings. The van der Waals surface area contributed by atoms with Crippen LogP contribution < -0.4 is 16.0 Å². The number of carbonyl (C=O) groups is 4. The second-order valence-corrected chi connectivity index (χ2v) is 13.5. The molecule has 4 atom stereocenters. The van der Waals surface area contributed by atoms with Crippen LogP contribution in [-0.4, -0.2) is 49.6 Å². The number of hydrogen-bond acceptors (Lipinski definition) is 6. The lowest BCUT2D eigenvalue weighted by atomic mass is 9.76. The number of halogens is 2. The summed E-state index contributed by atoms with van der Waals surface area (Å²) in [7, 11) is 1.24. The molecule has 0 spiro atoms. The minimum absolute atomic E-state index is 0.108. The van der Waals surface area contributed by atoms with Gasteiger partial charge in [0.2, 0.25) is 11.8 Å². The first kappa shape index (κ1) is 34.6. The van der Waals surface area contributed by atoms with E-state index in [1.54, 1.807) is 30.3 Å². The molecule has 1 saturated heterocycles. The number of carbonyl (C=O) groups excluding carboxylic acids is 4. The van der Waals surface area contributed by atoms with Crippen LogP contribution in [0.2, 0.25) is 10.0 Å². The highest BCUT2D eigenvalue weighted by atomic mass is 35.5. The van der Waals surface area contributed by atoms with Gasteiger partial charge < -0.3 is 25.4 Å². The van der Waals surface area contributed by atoms with Crippen LogP contribution in [0.25, 0.3) is 0 Å². The average molecular weight is 661 g/mol. The minimum Gasteiger partial charge on any atom is -0.467 e. The molecule has 45 heavy (non-hydrogen) atoms. The van der Waals surface area contributed by atoms with Crippen molar-refractivity contribution >= 4 is 47.1 Å². The van der Waals surface area contributed by atoms with E-state index in [1.165, 1.54) is 7.11 Å². The van der Waals surface area contributed by atoms with Gasteiger partial charge in [-0.15, -0.1) is 0 Å². The van der Waals surface area contributed by atoms with E-state index in [9.17, 15) is 19.2 Å². The molecule has 1 heterocycles. The van der Waals surface area contributed by atoms with Crippen LogP contribution in [0.5, 0.6) is 0 Å². The van der Waals surface area contributed by atoms with Crippen molar-refractivity contribution in [2.45, 2.75) is 88.8 Å². The Labute approximate surface area is 275 Å². The van der Waals surface area contributed by atoms with Gasteiger partial charge in [0.05, 0.1) is 7.11 Å². The van der Waals surface area contributed by atoms with E-state index in [4.69, 9.17) is 32.7 Å². The van der Waals surface area contributed by atoms with E-state index >= 15 is 0 Å². The van der Waals surface area contributed by atoms with Crippen molar-refractivity contribution in [3.05, 3.63) is 69.7 Å². The molecule has 4 rings (SSSR count). The molecule has 2 aliphatic rings. The Morgan fingerprint density at radius 2 is 1.64 bits per heavy atom. The third-order valence-corrected chi connectivity index (χ3v) is 9.50. The lowest BCUT2D eigenvalue weighted by Crippen LogP contribution is -2.53. The fourth-order valence-corrected chi connectivity index (χ4v) is 6.68. The zero-order valence-corrected chi connectivity index (χ0v) is 27.6. The minimum atomic E-state index is -1.04. The molecule has 1 aliphatic heterocycles. The van der Waals surface area contributed by atoms with Crippen molar-refractivity contribution < 1.29 is 28.7 Å². The van der Waals surface area contributed by atoms with Gasteiger partial charge in [0.25, 0.3) is 0 Å². The molecule has 11 heteroatoms. The van der Waals surface area contributed by atoms with Crippen LogP contribution in [0.4, 0.5) is 4.79 Å². The van der Waals surface area contributed by atoms with Gasteiger partial charge in [0.1, 0.15) is 18.2 Å². The lowest BCUT2D eigenvalue weighted by Gasteiger charge is -2.35. The van der Waals surface area contributed by atoms with Gasteiger partial charge >= 0.3 is 12.1 Å². The predicted octanol–water partition coefficient (Wildman–Crippen LogP) is 6.26. The van der Waals surface area contributed by atoms with E-state index in [-0.39, 0.29) is 18.2 Å². The Balaban J connectivity index is 1.57. The zero-order valence-electron chi connectivity index (χ0n) is 26.1.